The van der Waals surface area contributed by atoms with E-state index in [1.165, 1.54) is 0 Å². The standard InChI is InChI=1S/C12H18FN5O2/c1-2-3-15-11(19)9-7-20-5-4-18(9)10-8(13)6-16-12(14)17-10/h6,9H,2-5,7H2,1H3,(H,15,19)(H2,14,16,17). The van der Waals surface area contributed by atoms with Gasteiger partial charge in [-0.15, -0.1) is 0 Å². The van der Waals surface area contributed by atoms with Crippen LogP contribution in [0, 0.1) is 5.82 Å². The second-order valence-electron chi connectivity index (χ2n) is 4.47. The van der Waals surface area contributed by atoms with Crippen LogP contribution >= 0.6 is 0 Å². The second kappa shape index (κ2) is 6.47. The third-order valence-corrected chi connectivity index (χ3v) is 3.00. The van der Waals surface area contributed by atoms with Gasteiger partial charge in [0.1, 0.15) is 6.04 Å². The molecule has 1 unspecified atom stereocenters. The quantitative estimate of drug-likeness (QED) is 0.803. The van der Waals surface area contributed by atoms with Crippen LogP contribution in [0.25, 0.3) is 0 Å². The van der Waals surface area contributed by atoms with E-state index < -0.39 is 11.9 Å². The van der Waals surface area contributed by atoms with Gasteiger partial charge in [-0.25, -0.2) is 9.37 Å². The van der Waals surface area contributed by atoms with Crippen LogP contribution in [0.3, 0.4) is 0 Å². The number of amides is 1. The van der Waals surface area contributed by atoms with E-state index in [0.29, 0.717) is 19.7 Å². The fourth-order valence-corrected chi connectivity index (χ4v) is 2.01. The largest absolute Gasteiger partial charge is 0.377 e. The molecule has 2 heterocycles. The van der Waals surface area contributed by atoms with Crippen LogP contribution in [-0.2, 0) is 9.53 Å². The highest BCUT2D eigenvalue weighted by molar-refractivity contribution is 5.85. The van der Waals surface area contributed by atoms with Crippen LogP contribution in [0.5, 0.6) is 0 Å². The average molecular weight is 283 g/mol. The number of hydrogen-bond acceptors (Lipinski definition) is 6. The molecule has 3 N–H and O–H groups in total. The summed E-state index contributed by atoms with van der Waals surface area (Å²) in [7, 11) is 0. The van der Waals surface area contributed by atoms with Crippen molar-refractivity contribution in [1.82, 2.24) is 15.3 Å². The van der Waals surface area contributed by atoms with Gasteiger partial charge < -0.3 is 20.7 Å². The van der Waals surface area contributed by atoms with E-state index in [1.807, 2.05) is 6.92 Å². The SMILES string of the molecule is CCCNC(=O)C1COCCN1c1nc(N)ncc1F. The number of hydrogen-bond donors (Lipinski definition) is 2. The molecule has 0 saturated carbocycles. The van der Waals surface area contributed by atoms with Gasteiger partial charge >= 0.3 is 0 Å². The Kier molecular flexibility index (Phi) is 4.67. The first-order chi connectivity index (χ1) is 9.63. The minimum atomic E-state index is -0.612. The number of ether oxygens (including phenoxy) is 1. The Morgan fingerprint density at radius 1 is 1.70 bits per heavy atom. The van der Waals surface area contributed by atoms with Crippen LogP contribution in [0.4, 0.5) is 16.2 Å². The van der Waals surface area contributed by atoms with Crippen molar-refractivity contribution in [3.8, 4) is 0 Å². The number of anilines is 2. The first-order valence-corrected chi connectivity index (χ1v) is 6.53. The van der Waals surface area contributed by atoms with Gasteiger partial charge in [-0.1, -0.05) is 6.92 Å². The molecular weight excluding hydrogens is 265 g/mol. The summed E-state index contributed by atoms with van der Waals surface area (Å²) in [4.78, 5) is 21.2. The fraction of sp³-hybridized carbons (Fsp3) is 0.583. The molecular formula is C12H18FN5O2. The summed E-state index contributed by atoms with van der Waals surface area (Å²) in [6.07, 6.45) is 1.84. The van der Waals surface area contributed by atoms with Crippen LogP contribution in [0.2, 0.25) is 0 Å². The van der Waals surface area contributed by atoms with Gasteiger partial charge in [0.15, 0.2) is 11.6 Å². The lowest BCUT2D eigenvalue weighted by molar-refractivity contribution is -0.124. The van der Waals surface area contributed by atoms with E-state index in [0.717, 1.165) is 12.6 Å². The smallest absolute Gasteiger partial charge is 0.245 e. The monoisotopic (exact) mass is 283 g/mol. The molecule has 1 aromatic rings. The Balaban J connectivity index is 2.22. The molecule has 1 amide bonds. The van der Waals surface area contributed by atoms with Gasteiger partial charge in [0.25, 0.3) is 0 Å². The third kappa shape index (κ3) is 3.13. The number of carbonyl (C=O) groups excluding carboxylic acids is 1. The summed E-state index contributed by atoms with van der Waals surface area (Å²) in [6, 6.07) is -0.612. The minimum Gasteiger partial charge on any atom is -0.377 e. The Morgan fingerprint density at radius 2 is 2.50 bits per heavy atom. The Morgan fingerprint density at radius 3 is 3.25 bits per heavy atom. The summed E-state index contributed by atoms with van der Waals surface area (Å²) in [5, 5.41) is 2.78. The Hall–Kier alpha value is -1.96. The van der Waals surface area contributed by atoms with Crippen molar-refractivity contribution in [3.63, 3.8) is 0 Å². The molecule has 8 heteroatoms. The zero-order valence-electron chi connectivity index (χ0n) is 11.3. The molecule has 1 fully saturated rings. The topological polar surface area (TPSA) is 93.4 Å². The molecule has 7 nitrogen and oxygen atoms in total. The summed E-state index contributed by atoms with van der Waals surface area (Å²) < 4.78 is 19.2. The maximum atomic E-state index is 13.8. The number of nitrogens with two attached hydrogens (primary N) is 1. The molecule has 0 bridgehead atoms. The van der Waals surface area contributed by atoms with Crippen molar-refractivity contribution in [2.45, 2.75) is 19.4 Å². The summed E-state index contributed by atoms with van der Waals surface area (Å²) in [5.74, 6) is -0.796. The molecule has 0 aromatic carbocycles. The fourth-order valence-electron chi connectivity index (χ4n) is 2.01. The molecule has 1 atom stereocenters. The van der Waals surface area contributed by atoms with Gasteiger partial charge in [0.2, 0.25) is 11.9 Å². The van der Waals surface area contributed by atoms with E-state index in [4.69, 9.17) is 10.5 Å². The van der Waals surface area contributed by atoms with Crippen LogP contribution < -0.4 is 16.0 Å². The third-order valence-electron chi connectivity index (χ3n) is 3.00. The van der Waals surface area contributed by atoms with Crippen molar-refractivity contribution in [2.24, 2.45) is 0 Å². The summed E-state index contributed by atoms with van der Waals surface area (Å²) in [5.41, 5.74) is 5.49. The number of nitrogens with zero attached hydrogens (tertiary/aromatic N) is 3. The van der Waals surface area contributed by atoms with E-state index in [9.17, 15) is 9.18 Å². The van der Waals surface area contributed by atoms with E-state index in [1.54, 1.807) is 4.90 Å². The zero-order chi connectivity index (χ0) is 14.5. The lowest BCUT2D eigenvalue weighted by Crippen LogP contribution is -2.54. The number of aromatic nitrogens is 2. The molecule has 20 heavy (non-hydrogen) atoms. The average Bonchev–Trinajstić information content (AvgIpc) is 2.47. The molecule has 0 spiro atoms. The number of morpholine rings is 1. The Labute approximate surface area is 116 Å². The van der Waals surface area contributed by atoms with E-state index in [-0.39, 0.29) is 24.3 Å². The number of halogens is 1. The molecule has 1 saturated heterocycles. The first-order valence-electron chi connectivity index (χ1n) is 6.53. The maximum absolute atomic E-state index is 13.8. The van der Waals surface area contributed by atoms with Gasteiger partial charge in [-0.2, -0.15) is 4.98 Å². The lowest BCUT2D eigenvalue weighted by atomic mass is 10.2. The molecule has 1 aliphatic heterocycles. The summed E-state index contributed by atoms with van der Waals surface area (Å²) in [6.45, 7) is 3.50. The molecule has 0 radical (unpaired) electrons. The maximum Gasteiger partial charge on any atom is 0.245 e. The van der Waals surface area contributed by atoms with Crippen molar-refractivity contribution in [2.75, 3.05) is 36.9 Å². The Bertz CT molecular complexity index is 485. The highest BCUT2D eigenvalue weighted by atomic mass is 19.1. The predicted octanol–water partition coefficient (Wildman–Crippen LogP) is -0.0707. The highest BCUT2D eigenvalue weighted by Crippen LogP contribution is 2.21. The van der Waals surface area contributed by atoms with Gasteiger partial charge in [-0.3, -0.25) is 4.79 Å². The van der Waals surface area contributed by atoms with Crippen molar-refractivity contribution in [1.29, 1.82) is 0 Å². The van der Waals surface area contributed by atoms with Crippen LogP contribution in [-0.4, -0.2) is 48.2 Å². The van der Waals surface area contributed by atoms with Crippen LogP contribution in [0.1, 0.15) is 13.3 Å². The molecule has 0 aliphatic carbocycles. The first kappa shape index (κ1) is 14.4. The van der Waals surface area contributed by atoms with E-state index >= 15 is 0 Å². The number of nitrogens with one attached hydrogen (secondary N) is 1. The molecule has 1 aromatic heterocycles. The normalized spacial score (nSPS) is 18.9. The number of carbonyl (C=O) groups is 1. The molecule has 110 valence electrons. The summed E-state index contributed by atoms with van der Waals surface area (Å²) >= 11 is 0. The van der Waals surface area contributed by atoms with Gasteiger partial charge in [0, 0.05) is 13.1 Å². The minimum absolute atomic E-state index is 0.0272. The molecule has 1 aliphatic rings. The second-order valence-corrected chi connectivity index (χ2v) is 4.47. The lowest BCUT2D eigenvalue weighted by Gasteiger charge is -2.35. The van der Waals surface area contributed by atoms with Crippen molar-refractivity contribution >= 4 is 17.7 Å². The predicted molar refractivity (Wildman–Crippen MR) is 71.7 cm³/mol. The van der Waals surface area contributed by atoms with Gasteiger partial charge in [-0.05, 0) is 6.42 Å². The molecule has 2 rings (SSSR count). The van der Waals surface area contributed by atoms with E-state index in [2.05, 4.69) is 15.3 Å². The van der Waals surface area contributed by atoms with Gasteiger partial charge in [0.05, 0.1) is 19.4 Å². The zero-order valence-corrected chi connectivity index (χ0v) is 11.3. The van der Waals surface area contributed by atoms with Crippen molar-refractivity contribution in [3.05, 3.63) is 12.0 Å². The van der Waals surface area contributed by atoms with Crippen molar-refractivity contribution < 1.29 is 13.9 Å². The number of rotatable bonds is 4. The van der Waals surface area contributed by atoms with Crippen LogP contribution in [0.15, 0.2) is 6.20 Å². The highest BCUT2D eigenvalue weighted by Gasteiger charge is 2.32. The number of nitrogen functional groups attached to an aromatic ring is 1.